The summed E-state index contributed by atoms with van der Waals surface area (Å²) in [6, 6.07) is 9.18. The van der Waals surface area contributed by atoms with Crippen molar-refractivity contribution >= 4 is 27.5 Å². The van der Waals surface area contributed by atoms with Crippen molar-refractivity contribution < 1.29 is 26.8 Å². The Morgan fingerprint density at radius 1 is 1.06 bits per heavy atom. The molecule has 1 atom stereocenters. The third-order valence-corrected chi connectivity index (χ3v) is 6.38. The van der Waals surface area contributed by atoms with Gasteiger partial charge >= 0.3 is 0 Å². The van der Waals surface area contributed by atoms with E-state index in [9.17, 15) is 26.8 Å². The summed E-state index contributed by atoms with van der Waals surface area (Å²) in [5.41, 5.74) is 1.55. The van der Waals surface area contributed by atoms with Gasteiger partial charge in [-0.15, -0.1) is 0 Å². The molecule has 0 saturated heterocycles. The smallest absolute Gasteiger partial charge is 0.244 e. The molecule has 0 aliphatic carbocycles. The predicted octanol–water partition coefficient (Wildman–Crippen LogP) is 3.37. The van der Waals surface area contributed by atoms with E-state index in [0.717, 1.165) is 35.6 Å². The molecule has 7 nitrogen and oxygen atoms in total. The molecule has 0 radical (unpaired) electrons. The average molecular weight is 496 g/mol. The molecule has 186 valence electrons. The lowest BCUT2D eigenvalue weighted by atomic mass is 10.1. The lowest BCUT2D eigenvalue weighted by Crippen LogP contribution is -2.52. The number of aryl methyl sites for hydroxylation is 1. The first kappa shape index (κ1) is 27.2. The van der Waals surface area contributed by atoms with Gasteiger partial charge < -0.3 is 10.2 Å². The summed E-state index contributed by atoms with van der Waals surface area (Å²) < 4.78 is 52.8. The first-order valence-corrected chi connectivity index (χ1v) is 12.9. The quantitative estimate of drug-likeness (QED) is 0.518. The molecule has 0 bridgehead atoms. The van der Waals surface area contributed by atoms with Crippen molar-refractivity contribution in [3.63, 3.8) is 0 Å². The number of hydrogen-bond donors (Lipinski definition) is 1. The maximum absolute atomic E-state index is 13.8. The van der Waals surface area contributed by atoms with Crippen molar-refractivity contribution in [2.75, 3.05) is 23.7 Å². The fraction of sp³-hybridized carbons (Fsp3) is 0.417. The van der Waals surface area contributed by atoms with E-state index in [1.165, 1.54) is 4.90 Å². The van der Waals surface area contributed by atoms with Gasteiger partial charge in [0.15, 0.2) is 11.6 Å². The lowest BCUT2D eigenvalue weighted by molar-refractivity contribution is -0.140. The van der Waals surface area contributed by atoms with Crippen LogP contribution in [0.25, 0.3) is 0 Å². The standard InChI is InChI=1S/C24H31F2N3O4S/c1-5-12-27-24(31)22(6-2)28(15-18-9-7-8-17(3)13-18)23(30)16-29(34(4,32)33)19-10-11-20(25)21(26)14-19/h7-11,13-14,22H,5-6,12,15-16H2,1-4H3,(H,27,31). The van der Waals surface area contributed by atoms with E-state index in [-0.39, 0.29) is 18.1 Å². The van der Waals surface area contributed by atoms with Crippen LogP contribution in [-0.2, 0) is 26.2 Å². The average Bonchev–Trinajstić information content (AvgIpc) is 2.77. The monoisotopic (exact) mass is 495 g/mol. The summed E-state index contributed by atoms with van der Waals surface area (Å²) in [5.74, 6) is -3.36. The van der Waals surface area contributed by atoms with Crippen LogP contribution in [0, 0.1) is 18.6 Å². The second-order valence-corrected chi connectivity index (χ2v) is 10.0. The molecule has 2 rings (SSSR count). The van der Waals surface area contributed by atoms with Gasteiger partial charge in [0.2, 0.25) is 21.8 Å². The van der Waals surface area contributed by atoms with Crippen molar-refractivity contribution in [3.05, 3.63) is 65.2 Å². The van der Waals surface area contributed by atoms with Gasteiger partial charge in [0.25, 0.3) is 0 Å². The van der Waals surface area contributed by atoms with E-state index in [4.69, 9.17) is 0 Å². The molecule has 2 aromatic carbocycles. The van der Waals surface area contributed by atoms with Crippen molar-refractivity contribution in [3.8, 4) is 0 Å². The van der Waals surface area contributed by atoms with Gasteiger partial charge in [-0.2, -0.15) is 0 Å². The molecule has 1 unspecified atom stereocenters. The number of anilines is 1. The molecule has 0 aromatic heterocycles. The topological polar surface area (TPSA) is 86.8 Å². The lowest BCUT2D eigenvalue weighted by Gasteiger charge is -2.33. The summed E-state index contributed by atoms with van der Waals surface area (Å²) in [4.78, 5) is 27.6. The second-order valence-electron chi connectivity index (χ2n) is 8.09. The van der Waals surface area contributed by atoms with Crippen molar-refractivity contribution in [1.82, 2.24) is 10.2 Å². The van der Waals surface area contributed by atoms with Gasteiger partial charge in [-0.05, 0) is 37.5 Å². The fourth-order valence-electron chi connectivity index (χ4n) is 3.55. The highest BCUT2D eigenvalue weighted by molar-refractivity contribution is 7.92. The summed E-state index contributed by atoms with van der Waals surface area (Å²) >= 11 is 0. The van der Waals surface area contributed by atoms with Crippen LogP contribution in [0.5, 0.6) is 0 Å². The van der Waals surface area contributed by atoms with E-state index in [2.05, 4.69) is 5.32 Å². The number of nitrogens with one attached hydrogen (secondary N) is 1. The summed E-state index contributed by atoms with van der Waals surface area (Å²) in [7, 11) is -4.03. The van der Waals surface area contributed by atoms with Crippen LogP contribution in [0.4, 0.5) is 14.5 Å². The van der Waals surface area contributed by atoms with Crippen LogP contribution >= 0.6 is 0 Å². The molecule has 0 fully saturated rings. The number of nitrogens with zero attached hydrogens (tertiary/aromatic N) is 2. The van der Waals surface area contributed by atoms with Crippen molar-refractivity contribution in [1.29, 1.82) is 0 Å². The van der Waals surface area contributed by atoms with Gasteiger partial charge in [-0.25, -0.2) is 17.2 Å². The Kier molecular flexibility index (Phi) is 9.55. The van der Waals surface area contributed by atoms with Crippen LogP contribution in [0.1, 0.15) is 37.8 Å². The molecular weight excluding hydrogens is 464 g/mol. The van der Waals surface area contributed by atoms with Gasteiger partial charge in [0.1, 0.15) is 12.6 Å². The Labute approximate surface area is 199 Å². The highest BCUT2D eigenvalue weighted by Crippen LogP contribution is 2.22. The summed E-state index contributed by atoms with van der Waals surface area (Å²) in [6.45, 7) is 5.40. The molecule has 0 aliphatic heterocycles. The number of carbonyl (C=O) groups is 2. The molecule has 0 heterocycles. The number of halogens is 2. The molecule has 1 N–H and O–H groups in total. The van der Waals surface area contributed by atoms with Crippen LogP contribution < -0.4 is 9.62 Å². The molecule has 34 heavy (non-hydrogen) atoms. The SMILES string of the molecule is CCCNC(=O)C(CC)N(Cc1cccc(C)c1)C(=O)CN(c1ccc(F)c(F)c1)S(C)(=O)=O. The van der Waals surface area contributed by atoms with Gasteiger partial charge in [-0.3, -0.25) is 13.9 Å². The number of rotatable bonds is 11. The van der Waals surface area contributed by atoms with Crippen LogP contribution in [0.15, 0.2) is 42.5 Å². The normalized spacial score (nSPS) is 12.2. The Balaban J connectivity index is 2.44. The van der Waals surface area contributed by atoms with Gasteiger partial charge in [0.05, 0.1) is 11.9 Å². The maximum Gasteiger partial charge on any atom is 0.244 e. The molecular formula is C24H31F2N3O4S. The van der Waals surface area contributed by atoms with E-state index < -0.39 is 40.2 Å². The predicted molar refractivity (Wildman–Crippen MR) is 128 cm³/mol. The number of benzene rings is 2. The van der Waals surface area contributed by atoms with Crippen LogP contribution in [0.3, 0.4) is 0 Å². The number of hydrogen-bond acceptors (Lipinski definition) is 4. The molecule has 2 aromatic rings. The van der Waals surface area contributed by atoms with E-state index in [1.54, 1.807) is 6.92 Å². The Morgan fingerprint density at radius 2 is 1.76 bits per heavy atom. The van der Waals surface area contributed by atoms with Crippen molar-refractivity contribution in [2.24, 2.45) is 0 Å². The second kappa shape index (κ2) is 11.9. The van der Waals surface area contributed by atoms with Crippen molar-refractivity contribution in [2.45, 2.75) is 46.2 Å². The minimum atomic E-state index is -4.03. The summed E-state index contributed by atoms with van der Waals surface area (Å²) in [5, 5.41) is 2.79. The largest absolute Gasteiger partial charge is 0.354 e. The number of amides is 2. The maximum atomic E-state index is 13.8. The highest BCUT2D eigenvalue weighted by atomic mass is 32.2. The zero-order chi connectivity index (χ0) is 25.5. The van der Waals surface area contributed by atoms with Crippen LogP contribution in [-0.4, -0.2) is 50.5 Å². The third kappa shape index (κ3) is 7.24. The Morgan fingerprint density at radius 3 is 2.32 bits per heavy atom. The summed E-state index contributed by atoms with van der Waals surface area (Å²) in [6.07, 6.45) is 1.89. The zero-order valence-corrected chi connectivity index (χ0v) is 20.7. The van der Waals surface area contributed by atoms with Crippen LogP contribution in [0.2, 0.25) is 0 Å². The molecule has 0 saturated carbocycles. The first-order chi connectivity index (χ1) is 16.0. The highest BCUT2D eigenvalue weighted by Gasteiger charge is 2.31. The zero-order valence-electron chi connectivity index (χ0n) is 19.8. The Bertz CT molecular complexity index is 1120. The van der Waals surface area contributed by atoms with Gasteiger partial charge in [0, 0.05) is 19.2 Å². The minimum absolute atomic E-state index is 0.0773. The number of sulfonamides is 1. The van der Waals surface area contributed by atoms with E-state index in [1.807, 2.05) is 38.1 Å². The Hall–Kier alpha value is -3.01. The first-order valence-electron chi connectivity index (χ1n) is 11.0. The molecule has 10 heteroatoms. The molecule has 0 aliphatic rings. The van der Waals surface area contributed by atoms with E-state index in [0.29, 0.717) is 23.7 Å². The number of carbonyl (C=O) groups excluding carboxylic acids is 2. The molecule has 0 spiro atoms. The minimum Gasteiger partial charge on any atom is -0.354 e. The third-order valence-electron chi connectivity index (χ3n) is 5.24. The van der Waals surface area contributed by atoms with E-state index >= 15 is 0 Å². The fourth-order valence-corrected chi connectivity index (χ4v) is 4.39. The van der Waals surface area contributed by atoms with Gasteiger partial charge in [-0.1, -0.05) is 43.7 Å². The molecule has 2 amide bonds.